The zero-order chi connectivity index (χ0) is 16.8. The van der Waals surface area contributed by atoms with Gasteiger partial charge in [0, 0.05) is 10.0 Å². The SMILES string of the molecule is C=CCOc1ccc(C(=O)Nc2ccc(Br)cc2F)cc1OC. The van der Waals surface area contributed by atoms with Crippen LogP contribution in [0.1, 0.15) is 10.4 Å². The number of ether oxygens (including phenoxy) is 2. The molecule has 0 radical (unpaired) electrons. The molecule has 0 fully saturated rings. The van der Waals surface area contributed by atoms with E-state index in [-0.39, 0.29) is 5.69 Å². The van der Waals surface area contributed by atoms with Gasteiger partial charge in [0.05, 0.1) is 12.8 Å². The van der Waals surface area contributed by atoms with E-state index >= 15 is 0 Å². The highest BCUT2D eigenvalue weighted by Crippen LogP contribution is 2.28. The Hall–Kier alpha value is -2.34. The van der Waals surface area contributed by atoms with Crippen LogP contribution in [0.15, 0.2) is 53.5 Å². The minimum absolute atomic E-state index is 0.101. The van der Waals surface area contributed by atoms with Crippen molar-refractivity contribution in [2.75, 3.05) is 19.0 Å². The van der Waals surface area contributed by atoms with E-state index in [1.807, 2.05) is 0 Å². The average molecular weight is 380 g/mol. The van der Waals surface area contributed by atoms with Crippen LogP contribution in [0.25, 0.3) is 0 Å². The van der Waals surface area contributed by atoms with E-state index in [1.54, 1.807) is 24.3 Å². The van der Waals surface area contributed by atoms with E-state index in [1.165, 1.54) is 25.3 Å². The number of benzene rings is 2. The van der Waals surface area contributed by atoms with Gasteiger partial charge in [-0.1, -0.05) is 28.6 Å². The maximum Gasteiger partial charge on any atom is 0.255 e. The van der Waals surface area contributed by atoms with Crippen molar-refractivity contribution in [1.82, 2.24) is 0 Å². The standard InChI is InChI=1S/C17H15BrFNO3/c1-3-8-23-15-7-4-11(9-16(15)22-2)17(21)20-14-6-5-12(18)10-13(14)19/h3-7,9-10H,1,8H2,2H3,(H,20,21). The summed E-state index contributed by atoms with van der Waals surface area (Å²) in [5.41, 5.74) is 0.430. The monoisotopic (exact) mass is 379 g/mol. The molecule has 1 amide bonds. The molecule has 120 valence electrons. The molecule has 0 aromatic heterocycles. The molecule has 0 saturated carbocycles. The molecular weight excluding hydrogens is 365 g/mol. The minimum Gasteiger partial charge on any atom is -0.493 e. The third kappa shape index (κ3) is 4.32. The zero-order valence-electron chi connectivity index (χ0n) is 12.4. The molecule has 4 nitrogen and oxygen atoms in total. The van der Waals surface area contributed by atoms with Crippen molar-refractivity contribution in [2.24, 2.45) is 0 Å². The van der Waals surface area contributed by atoms with Gasteiger partial charge in [-0.2, -0.15) is 0 Å². The smallest absolute Gasteiger partial charge is 0.255 e. The molecule has 0 heterocycles. The molecule has 23 heavy (non-hydrogen) atoms. The number of carbonyl (C=O) groups excluding carboxylic acids is 1. The molecule has 2 aromatic rings. The predicted molar refractivity (Wildman–Crippen MR) is 90.7 cm³/mol. The van der Waals surface area contributed by atoms with Crippen LogP contribution >= 0.6 is 15.9 Å². The third-order valence-electron chi connectivity index (χ3n) is 2.96. The second-order valence-electron chi connectivity index (χ2n) is 4.54. The van der Waals surface area contributed by atoms with Gasteiger partial charge in [-0.15, -0.1) is 0 Å². The third-order valence-corrected chi connectivity index (χ3v) is 3.46. The molecule has 0 unspecified atom stereocenters. The van der Waals surface area contributed by atoms with Crippen molar-refractivity contribution in [3.8, 4) is 11.5 Å². The molecule has 2 aromatic carbocycles. The van der Waals surface area contributed by atoms with Crippen LogP contribution in [0, 0.1) is 5.82 Å². The first-order valence-electron chi connectivity index (χ1n) is 6.73. The maximum absolute atomic E-state index is 13.8. The molecule has 0 aliphatic rings. The van der Waals surface area contributed by atoms with Crippen LogP contribution in [0.4, 0.5) is 10.1 Å². The highest BCUT2D eigenvalue weighted by atomic mass is 79.9. The van der Waals surface area contributed by atoms with Crippen molar-refractivity contribution in [3.63, 3.8) is 0 Å². The van der Waals surface area contributed by atoms with E-state index in [0.29, 0.717) is 28.1 Å². The summed E-state index contributed by atoms with van der Waals surface area (Å²) in [6, 6.07) is 9.14. The lowest BCUT2D eigenvalue weighted by molar-refractivity contribution is 0.102. The van der Waals surface area contributed by atoms with Crippen molar-refractivity contribution >= 4 is 27.5 Å². The fourth-order valence-electron chi connectivity index (χ4n) is 1.86. The number of halogens is 2. The Morgan fingerprint density at radius 3 is 2.74 bits per heavy atom. The summed E-state index contributed by atoms with van der Waals surface area (Å²) in [4.78, 5) is 12.2. The quantitative estimate of drug-likeness (QED) is 0.755. The lowest BCUT2D eigenvalue weighted by Gasteiger charge is -2.11. The second-order valence-corrected chi connectivity index (χ2v) is 5.46. The van der Waals surface area contributed by atoms with Crippen molar-refractivity contribution < 1.29 is 18.7 Å². The maximum atomic E-state index is 13.8. The van der Waals surface area contributed by atoms with Gasteiger partial charge in [-0.05, 0) is 36.4 Å². The molecule has 0 aliphatic carbocycles. The van der Waals surface area contributed by atoms with Gasteiger partial charge in [0.25, 0.3) is 5.91 Å². The Kier molecular flexibility index (Phi) is 5.76. The normalized spacial score (nSPS) is 10.0. The van der Waals surface area contributed by atoms with E-state index < -0.39 is 11.7 Å². The van der Waals surface area contributed by atoms with Gasteiger partial charge < -0.3 is 14.8 Å². The highest BCUT2D eigenvalue weighted by Gasteiger charge is 2.13. The molecule has 2 rings (SSSR count). The van der Waals surface area contributed by atoms with E-state index in [2.05, 4.69) is 27.8 Å². The fourth-order valence-corrected chi connectivity index (χ4v) is 2.20. The van der Waals surface area contributed by atoms with Crippen molar-refractivity contribution in [1.29, 1.82) is 0 Å². The summed E-state index contributed by atoms with van der Waals surface area (Å²) in [5, 5.41) is 2.52. The largest absolute Gasteiger partial charge is 0.493 e. The van der Waals surface area contributed by atoms with Crippen LogP contribution in [0.2, 0.25) is 0 Å². The molecule has 0 saturated heterocycles. The second kappa shape index (κ2) is 7.78. The van der Waals surface area contributed by atoms with Crippen LogP contribution < -0.4 is 14.8 Å². The summed E-state index contributed by atoms with van der Waals surface area (Å²) >= 11 is 3.16. The van der Waals surface area contributed by atoms with Crippen LogP contribution in [-0.2, 0) is 0 Å². The molecule has 0 atom stereocenters. The Morgan fingerprint density at radius 2 is 2.09 bits per heavy atom. The first-order valence-corrected chi connectivity index (χ1v) is 7.52. The number of nitrogens with one attached hydrogen (secondary N) is 1. The molecular formula is C17H15BrFNO3. The van der Waals surface area contributed by atoms with Crippen LogP contribution in [0.5, 0.6) is 11.5 Å². The minimum atomic E-state index is -0.523. The lowest BCUT2D eigenvalue weighted by Crippen LogP contribution is -2.13. The van der Waals surface area contributed by atoms with E-state index in [4.69, 9.17) is 9.47 Å². The number of rotatable bonds is 6. The van der Waals surface area contributed by atoms with E-state index in [9.17, 15) is 9.18 Å². The molecule has 6 heteroatoms. The van der Waals surface area contributed by atoms with Gasteiger partial charge in [-0.3, -0.25) is 4.79 Å². The molecule has 1 N–H and O–H groups in total. The van der Waals surface area contributed by atoms with Gasteiger partial charge in [0.2, 0.25) is 0 Å². The number of anilines is 1. The summed E-state index contributed by atoms with van der Waals surface area (Å²) in [6.07, 6.45) is 1.61. The summed E-state index contributed by atoms with van der Waals surface area (Å²) in [5.74, 6) is -0.0556. The fraction of sp³-hybridized carbons (Fsp3) is 0.118. The average Bonchev–Trinajstić information content (AvgIpc) is 2.55. The summed E-state index contributed by atoms with van der Waals surface area (Å²) in [6.45, 7) is 3.89. The topological polar surface area (TPSA) is 47.6 Å². The Bertz CT molecular complexity index is 734. The predicted octanol–water partition coefficient (Wildman–Crippen LogP) is 4.41. The van der Waals surface area contributed by atoms with Crippen molar-refractivity contribution in [3.05, 3.63) is 64.9 Å². The van der Waals surface area contributed by atoms with E-state index in [0.717, 1.165) is 0 Å². The van der Waals surface area contributed by atoms with Crippen molar-refractivity contribution in [2.45, 2.75) is 0 Å². The first kappa shape index (κ1) is 17.0. The summed E-state index contributed by atoms with van der Waals surface area (Å²) in [7, 11) is 1.48. The molecule has 0 bridgehead atoms. The Labute approximate surface area is 142 Å². The molecule has 0 spiro atoms. The number of carbonyl (C=O) groups is 1. The van der Waals surface area contributed by atoms with Gasteiger partial charge in [0.15, 0.2) is 11.5 Å². The highest BCUT2D eigenvalue weighted by molar-refractivity contribution is 9.10. The number of hydrogen-bond donors (Lipinski definition) is 1. The van der Waals surface area contributed by atoms with Crippen LogP contribution in [0.3, 0.4) is 0 Å². The van der Waals surface area contributed by atoms with Gasteiger partial charge in [0.1, 0.15) is 12.4 Å². The lowest BCUT2D eigenvalue weighted by atomic mass is 10.1. The number of amides is 1. The first-order chi connectivity index (χ1) is 11.0. The summed E-state index contributed by atoms with van der Waals surface area (Å²) < 4.78 is 25.0. The van der Waals surface area contributed by atoms with Gasteiger partial charge >= 0.3 is 0 Å². The Balaban J connectivity index is 2.20. The van der Waals surface area contributed by atoms with Crippen LogP contribution in [-0.4, -0.2) is 19.6 Å². The molecule has 0 aliphatic heterocycles. The number of hydrogen-bond acceptors (Lipinski definition) is 3. The Morgan fingerprint density at radius 1 is 1.30 bits per heavy atom. The number of methoxy groups -OCH3 is 1. The van der Waals surface area contributed by atoms with Gasteiger partial charge in [-0.25, -0.2) is 4.39 Å². The zero-order valence-corrected chi connectivity index (χ0v) is 14.0.